The normalized spacial score (nSPS) is 10.4. The first kappa shape index (κ1) is 14.9. The highest BCUT2D eigenvalue weighted by Crippen LogP contribution is 2.23. The fourth-order valence-electron chi connectivity index (χ4n) is 1.72. The predicted molar refractivity (Wildman–Crippen MR) is 79.9 cm³/mol. The molecule has 0 spiro atoms. The third-order valence-corrected chi connectivity index (χ3v) is 3.79. The predicted octanol–water partition coefficient (Wildman–Crippen LogP) is 2.72. The minimum atomic E-state index is -0.331. The standard InChI is InChI=1S/C13H12BrClN2O3/c1-19-9-3-4-10(14)8(5-9)6-17-7-16-12(15)11(20-2)13(17)18/h3-5,7H,6H2,1-2H3. The Bertz CT molecular complexity index is 688. The number of methoxy groups -OCH3 is 2. The Balaban J connectivity index is 2.43. The van der Waals surface area contributed by atoms with Crippen LogP contribution in [0, 0.1) is 0 Å². The molecule has 0 fully saturated rings. The van der Waals surface area contributed by atoms with E-state index in [0.717, 1.165) is 10.0 Å². The fraction of sp³-hybridized carbons (Fsp3) is 0.231. The van der Waals surface area contributed by atoms with E-state index < -0.39 is 0 Å². The van der Waals surface area contributed by atoms with Crippen LogP contribution in [0.1, 0.15) is 5.56 Å². The molecule has 0 atom stereocenters. The molecule has 0 saturated heterocycles. The van der Waals surface area contributed by atoms with E-state index in [1.165, 1.54) is 18.0 Å². The molecule has 0 aliphatic carbocycles. The summed E-state index contributed by atoms with van der Waals surface area (Å²) in [4.78, 5) is 16.1. The second-order valence-corrected chi connectivity index (χ2v) is 5.17. The van der Waals surface area contributed by atoms with Gasteiger partial charge >= 0.3 is 0 Å². The minimum Gasteiger partial charge on any atom is -0.497 e. The summed E-state index contributed by atoms with van der Waals surface area (Å²) in [5, 5.41) is 0.0541. The highest BCUT2D eigenvalue weighted by Gasteiger charge is 2.12. The maximum atomic E-state index is 12.2. The van der Waals surface area contributed by atoms with Crippen LogP contribution in [0.25, 0.3) is 0 Å². The summed E-state index contributed by atoms with van der Waals surface area (Å²) in [5.41, 5.74) is 0.555. The maximum Gasteiger partial charge on any atom is 0.297 e. The molecule has 0 bridgehead atoms. The minimum absolute atomic E-state index is 0.0354. The Hall–Kier alpha value is -1.53. The van der Waals surface area contributed by atoms with Crippen molar-refractivity contribution >= 4 is 27.5 Å². The van der Waals surface area contributed by atoms with Gasteiger partial charge in [0.1, 0.15) is 5.75 Å². The summed E-state index contributed by atoms with van der Waals surface area (Å²) in [6.07, 6.45) is 1.39. The Morgan fingerprint density at radius 2 is 2.10 bits per heavy atom. The van der Waals surface area contributed by atoms with Crippen LogP contribution >= 0.6 is 27.5 Å². The van der Waals surface area contributed by atoms with Gasteiger partial charge in [-0.1, -0.05) is 27.5 Å². The van der Waals surface area contributed by atoms with Gasteiger partial charge < -0.3 is 9.47 Å². The van der Waals surface area contributed by atoms with E-state index >= 15 is 0 Å². The molecule has 0 amide bonds. The van der Waals surface area contributed by atoms with E-state index in [0.29, 0.717) is 12.3 Å². The zero-order valence-corrected chi connectivity index (χ0v) is 13.2. The first-order valence-electron chi connectivity index (χ1n) is 5.68. The Labute approximate surface area is 129 Å². The van der Waals surface area contributed by atoms with E-state index in [4.69, 9.17) is 21.1 Å². The van der Waals surface area contributed by atoms with Gasteiger partial charge in [0.05, 0.1) is 27.1 Å². The topological polar surface area (TPSA) is 53.4 Å². The van der Waals surface area contributed by atoms with Gasteiger partial charge in [0.15, 0.2) is 5.15 Å². The molecule has 0 N–H and O–H groups in total. The van der Waals surface area contributed by atoms with Gasteiger partial charge in [-0.05, 0) is 23.8 Å². The molecular weight excluding hydrogens is 348 g/mol. The lowest BCUT2D eigenvalue weighted by Gasteiger charge is -2.10. The van der Waals surface area contributed by atoms with Crippen molar-refractivity contribution in [3.63, 3.8) is 0 Å². The van der Waals surface area contributed by atoms with Gasteiger partial charge in [0, 0.05) is 4.47 Å². The summed E-state index contributed by atoms with van der Waals surface area (Å²) in [6, 6.07) is 5.54. The van der Waals surface area contributed by atoms with Crippen LogP contribution < -0.4 is 15.0 Å². The molecule has 5 nitrogen and oxygen atoms in total. The van der Waals surface area contributed by atoms with Gasteiger partial charge in [-0.2, -0.15) is 0 Å². The Morgan fingerprint density at radius 1 is 1.35 bits per heavy atom. The van der Waals surface area contributed by atoms with Crippen LogP contribution in [0.5, 0.6) is 11.5 Å². The Kier molecular flexibility index (Phi) is 4.67. The molecule has 0 radical (unpaired) electrons. The molecule has 106 valence electrons. The van der Waals surface area contributed by atoms with Crippen molar-refractivity contribution in [1.29, 1.82) is 0 Å². The zero-order chi connectivity index (χ0) is 14.7. The fourth-order valence-corrected chi connectivity index (χ4v) is 2.29. The number of nitrogens with zero attached hydrogens (tertiary/aromatic N) is 2. The van der Waals surface area contributed by atoms with Crippen LogP contribution in [0.3, 0.4) is 0 Å². The summed E-state index contributed by atoms with van der Waals surface area (Å²) >= 11 is 9.25. The van der Waals surface area contributed by atoms with Gasteiger partial charge in [0.2, 0.25) is 5.75 Å². The quantitative estimate of drug-likeness (QED) is 0.788. The third kappa shape index (κ3) is 2.96. The molecule has 0 unspecified atom stereocenters. The first-order valence-corrected chi connectivity index (χ1v) is 6.85. The van der Waals surface area contributed by atoms with Crippen molar-refractivity contribution in [2.45, 2.75) is 6.54 Å². The Morgan fingerprint density at radius 3 is 2.75 bits per heavy atom. The average Bonchev–Trinajstić information content (AvgIpc) is 2.44. The van der Waals surface area contributed by atoms with Gasteiger partial charge in [-0.15, -0.1) is 0 Å². The molecule has 1 heterocycles. The van der Waals surface area contributed by atoms with Crippen molar-refractivity contribution in [3.8, 4) is 11.5 Å². The molecule has 0 saturated carbocycles. The van der Waals surface area contributed by atoms with Crippen molar-refractivity contribution in [2.75, 3.05) is 14.2 Å². The molecule has 0 aliphatic heterocycles. The zero-order valence-electron chi connectivity index (χ0n) is 10.9. The van der Waals surface area contributed by atoms with E-state index in [1.54, 1.807) is 7.11 Å². The summed E-state index contributed by atoms with van der Waals surface area (Å²) < 4.78 is 12.4. The highest BCUT2D eigenvalue weighted by molar-refractivity contribution is 9.10. The van der Waals surface area contributed by atoms with E-state index in [-0.39, 0.29) is 16.5 Å². The molecule has 7 heteroatoms. The number of hydrogen-bond acceptors (Lipinski definition) is 4. The van der Waals surface area contributed by atoms with E-state index in [1.807, 2.05) is 18.2 Å². The first-order chi connectivity index (χ1) is 9.56. The van der Waals surface area contributed by atoms with Crippen molar-refractivity contribution in [1.82, 2.24) is 9.55 Å². The molecule has 20 heavy (non-hydrogen) atoms. The number of benzene rings is 1. The van der Waals surface area contributed by atoms with Crippen molar-refractivity contribution in [3.05, 3.63) is 50.1 Å². The van der Waals surface area contributed by atoms with E-state index in [9.17, 15) is 4.79 Å². The molecule has 0 aliphatic rings. The molecular formula is C13H12BrClN2O3. The lowest BCUT2D eigenvalue weighted by molar-refractivity contribution is 0.400. The van der Waals surface area contributed by atoms with Gasteiger partial charge in [-0.3, -0.25) is 9.36 Å². The van der Waals surface area contributed by atoms with Crippen LogP contribution in [0.4, 0.5) is 0 Å². The third-order valence-electron chi connectivity index (χ3n) is 2.75. The van der Waals surface area contributed by atoms with Crippen LogP contribution in [0.2, 0.25) is 5.15 Å². The lowest BCUT2D eigenvalue weighted by atomic mass is 10.2. The summed E-state index contributed by atoms with van der Waals surface area (Å²) in [5.74, 6) is 0.748. The second-order valence-electron chi connectivity index (χ2n) is 3.96. The number of aromatic nitrogens is 2. The number of rotatable bonds is 4. The summed E-state index contributed by atoms with van der Waals surface area (Å²) in [7, 11) is 2.97. The van der Waals surface area contributed by atoms with Crippen LogP contribution in [0.15, 0.2) is 33.8 Å². The molecule has 1 aromatic heterocycles. The van der Waals surface area contributed by atoms with Crippen molar-refractivity contribution < 1.29 is 9.47 Å². The van der Waals surface area contributed by atoms with Gasteiger partial charge in [-0.25, -0.2) is 4.98 Å². The smallest absolute Gasteiger partial charge is 0.297 e. The molecule has 1 aromatic carbocycles. The number of ether oxygens (including phenoxy) is 2. The number of halogens is 2. The monoisotopic (exact) mass is 358 g/mol. The molecule has 2 rings (SSSR count). The van der Waals surface area contributed by atoms with Crippen LogP contribution in [-0.2, 0) is 6.54 Å². The second kappa shape index (κ2) is 6.28. The largest absolute Gasteiger partial charge is 0.497 e. The van der Waals surface area contributed by atoms with Crippen LogP contribution in [-0.4, -0.2) is 23.8 Å². The maximum absolute atomic E-state index is 12.2. The molecule has 2 aromatic rings. The lowest BCUT2D eigenvalue weighted by Crippen LogP contribution is -2.22. The SMILES string of the molecule is COc1ccc(Br)c(Cn2cnc(Cl)c(OC)c2=O)c1. The highest BCUT2D eigenvalue weighted by atomic mass is 79.9. The average molecular weight is 360 g/mol. The van der Waals surface area contributed by atoms with E-state index in [2.05, 4.69) is 20.9 Å². The summed E-state index contributed by atoms with van der Waals surface area (Å²) in [6.45, 7) is 0.331. The van der Waals surface area contributed by atoms with Crippen molar-refractivity contribution in [2.24, 2.45) is 0 Å². The van der Waals surface area contributed by atoms with Gasteiger partial charge in [0.25, 0.3) is 5.56 Å². The number of hydrogen-bond donors (Lipinski definition) is 0.